The molecular weight excluding hydrogens is 300 g/mol. The van der Waals surface area contributed by atoms with Gasteiger partial charge in [-0.25, -0.2) is 4.98 Å². The van der Waals surface area contributed by atoms with Crippen LogP contribution in [0.5, 0.6) is 0 Å². The normalized spacial score (nSPS) is 14.3. The summed E-state index contributed by atoms with van der Waals surface area (Å²) >= 11 is 6.05. The zero-order valence-electron chi connectivity index (χ0n) is 12.0. The van der Waals surface area contributed by atoms with Crippen LogP contribution in [0.4, 0.5) is 17.3 Å². The third kappa shape index (κ3) is 2.69. The molecule has 3 N–H and O–H groups in total. The summed E-state index contributed by atoms with van der Waals surface area (Å²) in [5, 5.41) is 14.8. The summed E-state index contributed by atoms with van der Waals surface area (Å²) < 4.78 is 0. The second-order valence-corrected chi connectivity index (χ2v) is 5.89. The number of aromatic nitrogens is 4. The van der Waals surface area contributed by atoms with Gasteiger partial charge in [0, 0.05) is 28.9 Å². The topological polar surface area (TPSA) is 78.5 Å². The standard InChI is InChI=1S/C15H15ClN6/c1-8-6-13(22-21-8)19-14-11-5-4-10(17-9-2-3-9)7-12(11)18-15(16)20-14/h4-7,9,17H,2-3H2,1H3,(H2,18,19,20,21,22). The minimum Gasteiger partial charge on any atom is -0.382 e. The van der Waals surface area contributed by atoms with Crippen molar-refractivity contribution in [1.29, 1.82) is 0 Å². The summed E-state index contributed by atoms with van der Waals surface area (Å²) in [6.45, 7) is 1.94. The molecular formula is C15H15ClN6. The van der Waals surface area contributed by atoms with Gasteiger partial charge in [0.2, 0.25) is 5.28 Å². The van der Waals surface area contributed by atoms with Gasteiger partial charge in [-0.15, -0.1) is 0 Å². The highest BCUT2D eigenvalue weighted by atomic mass is 35.5. The number of aryl methyl sites for hydroxylation is 1. The maximum Gasteiger partial charge on any atom is 0.224 e. The molecule has 2 heterocycles. The van der Waals surface area contributed by atoms with Crippen molar-refractivity contribution >= 4 is 39.8 Å². The zero-order valence-corrected chi connectivity index (χ0v) is 12.8. The zero-order chi connectivity index (χ0) is 15.1. The number of H-pyrrole nitrogens is 1. The van der Waals surface area contributed by atoms with Crippen LogP contribution >= 0.6 is 11.6 Å². The summed E-state index contributed by atoms with van der Waals surface area (Å²) in [6, 6.07) is 8.55. The number of fused-ring (bicyclic) bond motifs is 1. The number of halogens is 1. The van der Waals surface area contributed by atoms with Crippen LogP contribution in [0.15, 0.2) is 24.3 Å². The molecule has 0 spiro atoms. The molecule has 4 rings (SSSR count). The molecule has 2 aromatic heterocycles. The summed E-state index contributed by atoms with van der Waals surface area (Å²) in [5.41, 5.74) is 2.84. The number of hydrogen-bond acceptors (Lipinski definition) is 5. The average Bonchev–Trinajstić information content (AvgIpc) is 3.19. The van der Waals surface area contributed by atoms with Gasteiger partial charge in [-0.2, -0.15) is 10.1 Å². The van der Waals surface area contributed by atoms with Crippen molar-refractivity contribution in [2.45, 2.75) is 25.8 Å². The molecule has 1 fully saturated rings. The number of nitrogens with one attached hydrogen (secondary N) is 3. The minimum absolute atomic E-state index is 0.214. The Hall–Kier alpha value is -2.34. The molecule has 0 aliphatic heterocycles. The number of hydrogen-bond donors (Lipinski definition) is 3. The first kappa shape index (κ1) is 13.3. The van der Waals surface area contributed by atoms with E-state index in [1.54, 1.807) is 0 Å². The number of aromatic amines is 1. The average molecular weight is 315 g/mol. The summed E-state index contributed by atoms with van der Waals surface area (Å²) in [5.74, 6) is 1.35. The highest BCUT2D eigenvalue weighted by molar-refractivity contribution is 6.28. The fourth-order valence-corrected chi connectivity index (χ4v) is 2.53. The van der Waals surface area contributed by atoms with Gasteiger partial charge >= 0.3 is 0 Å². The van der Waals surface area contributed by atoms with Crippen LogP contribution in [0.25, 0.3) is 10.9 Å². The molecule has 0 bridgehead atoms. The Morgan fingerprint density at radius 2 is 2.09 bits per heavy atom. The van der Waals surface area contributed by atoms with Gasteiger partial charge in [-0.05, 0) is 49.6 Å². The third-order valence-electron chi connectivity index (χ3n) is 3.57. The van der Waals surface area contributed by atoms with E-state index in [0.717, 1.165) is 22.3 Å². The van der Waals surface area contributed by atoms with Crippen LogP contribution in [0.3, 0.4) is 0 Å². The van der Waals surface area contributed by atoms with E-state index in [1.165, 1.54) is 12.8 Å². The van der Waals surface area contributed by atoms with Gasteiger partial charge < -0.3 is 10.6 Å². The maximum absolute atomic E-state index is 6.05. The van der Waals surface area contributed by atoms with E-state index >= 15 is 0 Å². The fraction of sp³-hybridized carbons (Fsp3) is 0.267. The molecule has 3 aromatic rings. The Balaban J connectivity index is 1.73. The van der Waals surface area contributed by atoms with Gasteiger partial charge in [0.25, 0.3) is 0 Å². The second kappa shape index (κ2) is 5.14. The van der Waals surface area contributed by atoms with E-state index < -0.39 is 0 Å². The molecule has 0 unspecified atom stereocenters. The van der Waals surface area contributed by atoms with Crippen molar-refractivity contribution in [2.24, 2.45) is 0 Å². The van der Waals surface area contributed by atoms with Crippen molar-refractivity contribution < 1.29 is 0 Å². The Morgan fingerprint density at radius 1 is 1.23 bits per heavy atom. The van der Waals surface area contributed by atoms with Crippen molar-refractivity contribution in [3.63, 3.8) is 0 Å². The molecule has 1 aliphatic carbocycles. The fourth-order valence-electron chi connectivity index (χ4n) is 2.35. The van der Waals surface area contributed by atoms with Gasteiger partial charge in [-0.1, -0.05) is 0 Å². The number of rotatable bonds is 4. The minimum atomic E-state index is 0.214. The summed E-state index contributed by atoms with van der Waals surface area (Å²) in [4.78, 5) is 8.60. The van der Waals surface area contributed by atoms with Crippen LogP contribution in [0, 0.1) is 6.92 Å². The Bertz CT molecular complexity index is 839. The maximum atomic E-state index is 6.05. The monoisotopic (exact) mass is 314 g/mol. The van der Waals surface area contributed by atoms with Gasteiger partial charge in [0.1, 0.15) is 5.82 Å². The van der Waals surface area contributed by atoms with E-state index in [0.29, 0.717) is 17.7 Å². The third-order valence-corrected chi connectivity index (χ3v) is 3.74. The summed E-state index contributed by atoms with van der Waals surface area (Å²) in [7, 11) is 0. The van der Waals surface area contributed by atoms with Crippen molar-refractivity contribution in [3.05, 3.63) is 35.2 Å². The lowest BCUT2D eigenvalue weighted by atomic mass is 10.2. The molecule has 1 aromatic carbocycles. The molecule has 0 radical (unpaired) electrons. The number of nitrogens with zero attached hydrogens (tertiary/aromatic N) is 3. The predicted octanol–water partition coefficient (Wildman–Crippen LogP) is 3.63. The second-order valence-electron chi connectivity index (χ2n) is 5.55. The lowest BCUT2D eigenvalue weighted by Crippen LogP contribution is -2.02. The first-order valence-corrected chi connectivity index (χ1v) is 7.58. The van der Waals surface area contributed by atoms with E-state index in [2.05, 4.69) is 30.8 Å². The van der Waals surface area contributed by atoms with Crippen LogP contribution < -0.4 is 10.6 Å². The quantitative estimate of drug-likeness (QED) is 0.641. The number of benzene rings is 1. The van der Waals surface area contributed by atoms with Gasteiger partial charge in [0.05, 0.1) is 5.52 Å². The first-order valence-electron chi connectivity index (χ1n) is 7.20. The highest BCUT2D eigenvalue weighted by Crippen LogP contribution is 2.29. The van der Waals surface area contributed by atoms with Crippen LogP contribution in [0.2, 0.25) is 5.28 Å². The molecule has 0 saturated heterocycles. The molecule has 0 atom stereocenters. The Labute approximate surface area is 132 Å². The van der Waals surface area contributed by atoms with Gasteiger partial charge in [0.15, 0.2) is 5.82 Å². The largest absolute Gasteiger partial charge is 0.382 e. The van der Waals surface area contributed by atoms with Crippen LogP contribution in [0.1, 0.15) is 18.5 Å². The summed E-state index contributed by atoms with van der Waals surface area (Å²) in [6.07, 6.45) is 2.46. The SMILES string of the molecule is Cc1cc(Nc2nc(Cl)nc3cc(NC4CC4)ccc23)n[nH]1. The van der Waals surface area contributed by atoms with E-state index in [1.807, 2.05) is 31.2 Å². The van der Waals surface area contributed by atoms with E-state index in [-0.39, 0.29) is 5.28 Å². The van der Waals surface area contributed by atoms with E-state index in [4.69, 9.17) is 11.6 Å². The molecule has 7 heteroatoms. The lowest BCUT2D eigenvalue weighted by Gasteiger charge is -2.09. The predicted molar refractivity (Wildman–Crippen MR) is 87.8 cm³/mol. The number of anilines is 3. The first-order chi connectivity index (χ1) is 10.7. The molecule has 1 aliphatic rings. The van der Waals surface area contributed by atoms with Crippen molar-refractivity contribution in [1.82, 2.24) is 20.2 Å². The van der Waals surface area contributed by atoms with Crippen LogP contribution in [-0.4, -0.2) is 26.2 Å². The lowest BCUT2D eigenvalue weighted by molar-refractivity contribution is 1.05. The van der Waals surface area contributed by atoms with Crippen molar-refractivity contribution in [2.75, 3.05) is 10.6 Å². The molecule has 22 heavy (non-hydrogen) atoms. The van der Waals surface area contributed by atoms with Crippen LogP contribution in [-0.2, 0) is 0 Å². The van der Waals surface area contributed by atoms with Crippen molar-refractivity contribution in [3.8, 4) is 0 Å². The highest BCUT2D eigenvalue weighted by Gasteiger charge is 2.21. The molecule has 112 valence electrons. The molecule has 6 nitrogen and oxygen atoms in total. The van der Waals surface area contributed by atoms with E-state index in [9.17, 15) is 0 Å². The van der Waals surface area contributed by atoms with Gasteiger partial charge in [-0.3, -0.25) is 5.10 Å². The smallest absolute Gasteiger partial charge is 0.224 e. The molecule has 1 saturated carbocycles. The molecule has 0 amide bonds. The Kier molecular flexibility index (Phi) is 3.11. The Morgan fingerprint density at radius 3 is 2.82 bits per heavy atom.